The molecule has 1 saturated carbocycles. The van der Waals surface area contributed by atoms with Crippen LogP contribution in [0, 0.1) is 5.92 Å². The minimum Gasteiger partial charge on any atom is -0.369 e. The fourth-order valence-electron chi connectivity index (χ4n) is 3.23. The molecule has 1 aliphatic heterocycles. The lowest BCUT2D eigenvalue weighted by atomic mass is 9.96. The van der Waals surface area contributed by atoms with Crippen molar-refractivity contribution in [3.8, 4) is 0 Å². The Morgan fingerprint density at radius 2 is 1.45 bits per heavy atom. The summed E-state index contributed by atoms with van der Waals surface area (Å²) in [4.78, 5) is 25.2. The quantitative estimate of drug-likeness (QED) is 0.812. The first-order chi connectivity index (χ1) is 9.66. The van der Waals surface area contributed by atoms with Crippen molar-refractivity contribution in [1.29, 1.82) is 0 Å². The average molecular weight is 281 g/mol. The molecule has 3 amide bonds. The van der Waals surface area contributed by atoms with Crippen LogP contribution in [-0.2, 0) is 4.79 Å². The zero-order valence-electron chi connectivity index (χ0n) is 12.3. The zero-order chi connectivity index (χ0) is 14.4. The Balaban J connectivity index is 1.75. The average Bonchev–Trinajstić information content (AvgIpc) is 2.41. The molecule has 114 valence electrons. The smallest absolute Gasteiger partial charge is 0.317 e. The Kier molecular flexibility index (Phi) is 5.68. The summed E-state index contributed by atoms with van der Waals surface area (Å²) in [6.45, 7) is 1.29. The molecule has 0 aromatic carbocycles. The Morgan fingerprint density at radius 1 is 0.900 bits per heavy atom. The Bertz CT molecular complexity index is 330. The van der Waals surface area contributed by atoms with Crippen LogP contribution in [0.2, 0.25) is 0 Å². The zero-order valence-corrected chi connectivity index (χ0v) is 12.3. The number of primary amides is 1. The van der Waals surface area contributed by atoms with Crippen LogP contribution < -0.4 is 11.1 Å². The molecule has 2 rings (SSSR count). The third kappa shape index (κ3) is 4.39. The van der Waals surface area contributed by atoms with Gasteiger partial charge in [-0.05, 0) is 25.7 Å². The van der Waals surface area contributed by atoms with E-state index < -0.39 is 0 Å². The van der Waals surface area contributed by atoms with Crippen LogP contribution in [0.15, 0.2) is 0 Å². The first-order valence-corrected chi connectivity index (χ1v) is 8.01. The predicted molar refractivity (Wildman–Crippen MR) is 78.1 cm³/mol. The first-order valence-electron chi connectivity index (χ1n) is 8.01. The van der Waals surface area contributed by atoms with E-state index in [0.29, 0.717) is 32.0 Å². The maximum absolute atomic E-state index is 12.2. The molecule has 1 saturated heterocycles. The number of nitrogens with two attached hydrogens (primary N) is 1. The van der Waals surface area contributed by atoms with Gasteiger partial charge in [0.2, 0.25) is 5.91 Å². The lowest BCUT2D eigenvalue weighted by molar-refractivity contribution is -0.123. The van der Waals surface area contributed by atoms with Gasteiger partial charge in [-0.3, -0.25) is 4.79 Å². The van der Waals surface area contributed by atoms with Crippen LogP contribution in [-0.4, -0.2) is 36.0 Å². The molecular weight excluding hydrogens is 254 g/mol. The molecule has 2 fully saturated rings. The number of carbonyl (C=O) groups is 2. The lowest BCUT2D eigenvalue weighted by Crippen LogP contribution is -2.49. The fourth-order valence-corrected chi connectivity index (χ4v) is 3.23. The Hall–Kier alpha value is -1.26. The molecule has 5 heteroatoms. The van der Waals surface area contributed by atoms with Gasteiger partial charge in [-0.2, -0.15) is 0 Å². The SMILES string of the molecule is NC(=O)C1CCN(C(=O)NC2CCCCCCC2)CC1. The minimum absolute atomic E-state index is 0.0403. The largest absolute Gasteiger partial charge is 0.369 e. The highest BCUT2D eigenvalue weighted by molar-refractivity contribution is 5.78. The molecular formula is C15H27N3O2. The summed E-state index contributed by atoms with van der Waals surface area (Å²) >= 11 is 0. The second-order valence-corrected chi connectivity index (χ2v) is 6.16. The summed E-state index contributed by atoms with van der Waals surface area (Å²) in [7, 11) is 0. The number of nitrogens with zero attached hydrogens (tertiary/aromatic N) is 1. The molecule has 5 nitrogen and oxygen atoms in total. The Labute approximate surface area is 121 Å². The van der Waals surface area contributed by atoms with E-state index in [4.69, 9.17) is 5.73 Å². The van der Waals surface area contributed by atoms with E-state index in [1.807, 2.05) is 4.90 Å². The summed E-state index contributed by atoms with van der Waals surface area (Å²) in [5.74, 6) is -0.287. The number of nitrogens with one attached hydrogen (secondary N) is 1. The Morgan fingerprint density at radius 3 is 2.00 bits per heavy atom. The first kappa shape index (κ1) is 15.1. The number of likely N-dealkylation sites (tertiary alicyclic amines) is 1. The van der Waals surface area contributed by atoms with Gasteiger partial charge in [0.25, 0.3) is 0 Å². The third-order valence-electron chi connectivity index (χ3n) is 4.62. The summed E-state index contributed by atoms with van der Waals surface area (Å²) in [5, 5.41) is 3.17. The van der Waals surface area contributed by atoms with Crippen LogP contribution in [0.3, 0.4) is 0 Å². The van der Waals surface area contributed by atoms with Crippen LogP contribution in [0.25, 0.3) is 0 Å². The summed E-state index contributed by atoms with van der Waals surface area (Å²) in [5.41, 5.74) is 5.31. The maximum atomic E-state index is 12.2. The van der Waals surface area contributed by atoms with E-state index in [1.165, 1.54) is 32.1 Å². The van der Waals surface area contributed by atoms with E-state index >= 15 is 0 Å². The van der Waals surface area contributed by atoms with Crippen molar-refractivity contribution >= 4 is 11.9 Å². The maximum Gasteiger partial charge on any atom is 0.317 e. The molecule has 0 aromatic rings. The molecule has 1 heterocycles. The highest BCUT2D eigenvalue weighted by Crippen LogP contribution is 2.19. The van der Waals surface area contributed by atoms with Crippen LogP contribution >= 0.6 is 0 Å². The summed E-state index contributed by atoms with van der Waals surface area (Å²) < 4.78 is 0. The molecule has 0 spiro atoms. The van der Waals surface area contributed by atoms with Crippen molar-refractivity contribution < 1.29 is 9.59 Å². The van der Waals surface area contributed by atoms with Gasteiger partial charge in [-0.1, -0.05) is 32.1 Å². The van der Waals surface area contributed by atoms with Gasteiger partial charge in [0, 0.05) is 25.0 Å². The third-order valence-corrected chi connectivity index (χ3v) is 4.62. The molecule has 0 aromatic heterocycles. The molecule has 0 atom stereocenters. The van der Waals surface area contributed by atoms with Gasteiger partial charge >= 0.3 is 6.03 Å². The van der Waals surface area contributed by atoms with Crippen LogP contribution in [0.1, 0.15) is 57.8 Å². The number of piperidine rings is 1. The highest BCUT2D eigenvalue weighted by Gasteiger charge is 2.26. The second-order valence-electron chi connectivity index (χ2n) is 6.16. The normalized spacial score (nSPS) is 22.9. The van der Waals surface area contributed by atoms with Crippen LogP contribution in [0.5, 0.6) is 0 Å². The van der Waals surface area contributed by atoms with Gasteiger partial charge in [0.1, 0.15) is 0 Å². The van der Waals surface area contributed by atoms with Gasteiger partial charge in [-0.15, -0.1) is 0 Å². The lowest BCUT2D eigenvalue weighted by Gasteiger charge is -2.32. The molecule has 0 radical (unpaired) electrons. The molecule has 3 N–H and O–H groups in total. The van der Waals surface area contributed by atoms with Crippen molar-refractivity contribution in [1.82, 2.24) is 10.2 Å². The van der Waals surface area contributed by atoms with Crippen molar-refractivity contribution in [2.24, 2.45) is 11.7 Å². The number of rotatable bonds is 2. The summed E-state index contributed by atoms with van der Waals surface area (Å²) in [6.07, 6.45) is 9.95. The second kappa shape index (κ2) is 7.50. The number of urea groups is 1. The van der Waals surface area contributed by atoms with Crippen molar-refractivity contribution in [2.75, 3.05) is 13.1 Å². The van der Waals surface area contributed by atoms with Crippen LogP contribution in [0.4, 0.5) is 4.79 Å². The number of hydrogen-bond donors (Lipinski definition) is 2. The number of carbonyl (C=O) groups excluding carboxylic acids is 2. The topological polar surface area (TPSA) is 75.4 Å². The van der Waals surface area contributed by atoms with Gasteiger partial charge in [0.05, 0.1) is 0 Å². The monoisotopic (exact) mass is 281 g/mol. The minimum atomic E-state index is -0.231. The standard InChI is InChI=1S/C15H27N3O2/c16-14(19)12-8-10-18(11-9-12)15(20)17-13-6-4-2-1-3-5-7-13/h12-13H,1-11H2,(H2,16,19)(H,17,20). The van der Waals surface area contributed by atoms with E-state index in [9.17, 15) is 9.59 Å². The number of amides is 3. The fraction of sp³-hybridized carbons (Fsp3) is 0.867. The molecule has 0 bridgehead atoms. The van der Waals surface area contributed by atoms with E-state index in [-0.39, 0.29) is 17.9 Å². The predicted octanol–water partition coefficient (Wildman–Crippen LogP) is 2.01. The molecule has 1 aliphatic carbocycles. The van der Waals surface area contributed by atoms with Gasteiger partial charge in [0.15, 0.2) is 0 Å². The summed E-state index contributed by atoms with van der Waals surface area (Å²) in [6, 6.07) is 0.371. The van der Waals surface area contributed by atoms with E-state index in [2.05, 4.69) is 5.32 Å². The van der Waals surface area contributed by atoms with Gasteiger partial charge < -0.3 is 16.0 Å². The van der Waals surface area contributed by atoms with E-state index in [1.54, 1.807) is 0 Å². The van der Waals surface area contributed by atoms with Crippen molar-refractivity contribution in [3.05, 3.63) is 0 Å². The molecule has 20 heavy (non-hydrogen) atoms. The number of hydrogen-bond acceptors (Lipinski definition) is 2. The van der Waals surface area contributed by atoms with Gasteiger partial charge in [-0.25, -0.2) is 4.79 Å². The molecule has 2 aliphatic rings. The molecule has 0 unspecified atom stereocenters. The van der Waals surface area contributed by atoms with Crippen molar-refractivity contribution in [3.63, 3.8) is 0 Å². The van der Waals surface area contributed by atoms with E-state index in [0.717, 1.165) is 12.8 Å². The van der Waals surface area contributed by atoms with Crippen molar-refractivity contribution in [2.45, 2.75) is 63.8 Å². The highest BCUT2D eigenvalue weighted by atomic mass is 16.2.